The predicted octanol–water partition coefficient (Wildman–Crippen LogP) is 3.83. The van der Waals surface area contributed by atoms with Crippen molar-refractivity contribution < 1.29 is 9.72 Å². The molecular formula is C20H12N4O3. The van der Waals surface area contributed by atoms with Gasteiger partial charge in [-0.1, -0.05) is 36.4 Å². The van der Waals surface area contributed by atoms with Gasteiger partial charge in [-0.25, -0.2) is 4.98 Å². The summed E-state index contributed by atoms with van der Waals surface area (Å²) in [5.74, 6) is 0.0804. The fraction of sp³-hybridized carbons (Fsp3) is 0. The topological polar surface area (TPSA) is 98.9 Å². The van der Waals surface area contributed by atoms with Gasteiger partial charge in [0.05, 0.1) is 10.4 Å². The number of fused-ring (bicyclic) bond motifs is 1. The molecule has 4 aromatic rings. The van der Waals surface area contributed by atoms with Crippen LogP contribution in [0.15, 0.2) is 72.8 Å². The summed E-state index contributed by atoms with van der Waals surface area (Å²) in [6.45, 7) is 0. The van der Waals surface area contributed by atoms with Gasteiger partial charge in [0.2, 0.25) is 0 Å². The zero-order chi connectivity index (χ0) is 18.8. The van der Waals surface area contributed by atoms with Crippen LogP contribution in [0.3, 0.4) is 0 Å². The molecule has 0 atom stereocenters. The molecule has 130 valence electrons. The van der Waals surface area contributed by atoms with Crippen LogP contribution in [0.5, 0.6) is 0 Å². The molecule has 0 aliphatic carbocycles. The number of nitrogens with zero attached hydrogens (tertiary/aromatic N) is 4. The highest BCUT2D eigenvalue weighted by Gasteiger charge is 2.17. The highest BCUT2D eigenvalue weighted by Crippen LogP contribution is 2.24. The maximum atomic E-state index is 12.9. The van der Waals surface area contributed by atoms with Crippen molar-refractivity contribution >= 4 is 22.5 Å². The van der Waals surface area contributed by atoms with E-state index in [4.69, 9.17) is 0 Å². The van der Waals surface area contributed by atoms with Crippen LogP contribution >= 0.6 is 0 Å². The first-order valence-corrected chi connectivity index (χ1v) is 8.11. The molecule has 0 bridgehead atoms. The lowest BCUT2D eigenvalue weighted by Crippen LogP contribution is -2.05. The summed E-state index contributed by atoms with van der Waals surface area (Å²) in [6, 6.07) is 19.8. The number of non-ortho nitro benzene ring substituents is 1. The molecule has 1 heterocycles. The molecule has 0 radical (unpaired) electrons. The van der Waals surface area contributed by atoms with Crippen molar-refractivity contribution in [1.29, 1.82) is 0 Å². The van der Waals surface area contributed by atoms with Crippen LogP contribution in [-0.2, 0) is 0 Å². The largest absolute Gasteiger partial charge is 0.289 e. The monoisotopic (exact) mass is 356 g/mol. The van der Waals surface area contributed by atoms with Crippen molar-refractivity contribution in [3.8, 4) is 11.4 Å². The second kappa shape index (κ2) is 6.72. The summed E-state index contributed by atoms with van der Waals surface area (Å²) in [5.41, 5.74) is 2.59. The number of para-hydroxylation sites is 1. The van der Waals surface area contributed by atoms with Crippen molar-refractivity contribution in [2.75, 3.05) is 0 Å². The second-order valence-electron chi connectivity index (χ2n) is 5.80. The number of hydrogen-bond donors (Lipinski definition) is 0. The maximum Gasteiger partial charge on any atom is 0.269 e. The van der Waals surface area contributed by atoms with Gasteiger partial charge in [0.25, 0.3) is 5.69 Å². The highest BCUT2D eigenvalue weighted by atomic mass is 16.6. The zero-order valence-electron chi connectivity index (χ0n) is 13.9. The summed E-state index contributed by atoms with van der Waals surface area (Å²) >= 11 is 0. The molecular weight excluding hydrogens is 344 g/mol. The van der Waals surface area contributed by atoms with Crippen molar-refractivity contribution in [1.82, 2.24) is 15.2 Å². The summed E-state index contributed by atoms with van der Waals surface area (Å²) < 4.78 is 0. The van der Waals surface area contributed by atoms with Gasteiger partial charge < -0.3 is 0 Å². The van der Waals surface area contributed by atoms with E-state index in [0.717, 1.165) is 0 Å². The Morgan fingerprint density at radius 2 is 1.48 bits per heavy atom. The Kier molecular flexibility index (Phi) is 4.10. The molecule has 3 aromatic carbocycles. The SMILES string of the molecule is O=C(c1ccc([N+](=O)[O-])cc1)c1ccccc1-c1nnc2ccccc2n1. The molecule has 7 heteroatoms. The molecule has 7 nitrogen and oxygen atoms in total. The molecule has 0 aliphatic rings. The van der Waals surface area contributed by atoms with Gasteiger partial charge in [-0.05, 0) is 24.3 Å². The van der Waals surface area contributed by atoms with E-state index in [1.165, 1.54) is 24.3 Å². The van der Waals surface area contributed by atoms with Gasteiger partial charge in [-0.3, -0.25) is 14.9 Å². The molecule has 0 saturated carbocycles. The third-order valence-corrected chi connectivity index (χ3v) is 4.11. The first kappa shape index (κ1) is 16.5. The van der Waals surface area contributed by atoms with Crippen LogP contribution < -0.4 is 0 Å². The third-order valence-electron chi connectivity index (χ3n) is 4.11. The zero-order valence-corrected chi connectivity index (χ0v) is 13.9. The Balaban J connectivity index is 1.78. The average Bonchev–Trinajstić information content (AvgIpc) is 2.73. The van der Waals surface area contributed by atoms with Gasteiger partial charge >= 0.3 is 0 Å². The number of nitro benzene ring substituents is 1. The molecule has 0 unspecified atom stereocenters. The molecule has 0 saturated heterocycles. The number of carbonyl (C=O) groups excluding carboxylic acids is 1. The number of aromatic nitrogens is 3. The van der Waals surface area contributed by atoms with E-state index >= 15 is 0 Å². The molecule has 1 aromatic heterocycles. The Morgan fingerprint density at radius 3 is 2.22 bits per heavy atom. The lowest BCUT2D eigenvalue weighted by Gasteiger charge is -2.08. The standard InChI is InChI=1S/C20H12N4O3/c25-19(13-9-11-14(12-10-13)24(26)27)15-5-1-2-6-16(15)20-21-17-7-3-4-8-18(17)22-23-20/h1-12H. The van der Waals surface area contributed by atoms with E-state index in [-0.39, 0.29) is 11.5 Å². The quantitative estimate of drug-likeness (QED) is 0.313. The van der Waals surface area contributed by atoms with Crippen LogP contribution in [0, 0.1) is 10.1 Å². The maximum absolute atomic E-state index is 12.9. The molecule has 0 fully saturated rings. The Labute approximate surface area is 153 Å². The molecule has 0 amide bonds. The van der Waals surface area contributed by atoms with Gasteiger partial charge in [0, 0.05) is 28.8 Å². The van der Waals surface area contributed by atoms with Gasteiger partial charge in [0.1, 0.15) is 5.52 Å². The predicted molar refractivity (Wildman–Crippen MR) is 99.3 cm³/mol. The number of rotatable bonds is 4. The van der Waals surface area contributed by atoms with Gasteiger partial charge in [0.15, 0.2) is 11.6 Å². The van der Waals surface area contributed by atoms with Crippen molar-refractivity contribution in [2.45, 2.75) is 0 Å². The van der Waals surface area contributed by atoms with Crippen LogP contribution in [0.2, 0.25) is 0 Å². The number of benzene rings is 3. The van der Waals surface area contributed by atoms with Crippen LogP contribution in [-0.4, -0.2) is 25.9 Å². The van der Waals surface area contributed by atoms with E-state index in [9.17, 15) is 14.9 Å². The molecule has 0 spiro atoms. The minimum Gasteiger partial charge on any atom is -0.289 e. The summed E-state index contributed by atoms with van der Waals surface area (Å²) in [6.07, 6.45) is 0. The Morgan fingerprint density at radius 1 is 0.815 bits per heavy atom. The van der Waals surface area contributed by atoms with E-state index in [2.05, 4.69) is 15.2 Å². The summed E-state index contributed by atoms with van der Waals surface area (Å²) in [4.78, 5) is 27.7. The van der Waals surface area contributed by atoms with E-state index in [1.54, 1.807) is 24.3 Å². The minimum atomic E-state index is -0.503. The second-order valence-corrected chi connectivity index (χ2v) is 5.80. The normalized spacial score (nSPS) is 10.7. The number of hydrogen-bond acceptors (Lipinski definition) is 6. The van der Waals surface area contributed by atoms with Crippen LogP contribution in [0.4, 0.5) is 5.69 Å². The number of ketones is 1. The number of nitro groups is 1. The van der Waals surface area contributed by atoms with Crippen molar-refractivity contribution in [2.24, 2.45) is 0 Å². The van der Waals surface area contributed by atoms with E-state index in [1.807, 2.05) is 24.3 Å². The molecule has 27 heavy (non-hydrogen) atoms. The molecule has 0 N–H and O–H groups in total. The van der Waals surface area contributed by atoms with Crippen LogP contribution in [0.25, 0.3) is 22.4 Å². The third kappa shape index (κ3) is 3.13. The first-order chi connectivity index (χ1) is 13.1. The molecule has 0 aliphatic heterocycles. The highest BCUT2D eigenvalue weighted by molar-refractivity contribution is 6.12. The summed E-state index contributed by atoms with van der Waals surface area (Å²) in [7, 11) is 0. The van der Waals surface area contributed by atoms with Gasteiger partial charge in [-0.15, -0.1) is 10.2 Å². The minimum absolute atomic E-state index is 0.0677. The Bertz CT molecular complexity index is 1170. The first-order valence-electron chi connectivity index (χ1n) is 8.11. The van der Waals surface area contributed by atoms with Crippen molar-refractivity contribution in [3.63, 3.8) is 0 Å². The lowest BCUT2D eigenvalue weighted by molar-refractivity contribution is -0.384. The van der Waals surface area contributed by atoms with Crippen LogP contribution in [0.1, 0.15) is 15.9 Å². The molecule has 4 rings (SSSR count). The number of carbonyl (C=O) groups is 1. The smallest absolute Gasteiger partial charge is 0.269 e. The fourth-order valence-electron chi connectivity index (χ4n) is 2.76. The average molecular weight is 356 g/mol. The fourth-order valence-corrected chi connectivity index (χ4v) is 2.76. The Hall–Kier alpha value is -4.00. The van der Waals surface area contributed by atoms with E-state index < -0.39 is 4.92 Å². The van der Waals surface area contributed by atoms with Gasteiger partial charge in [-0.2, -0.15) is 0 Å². The lowest BCUT2D eigenvalue weighted by atomic mass is 9.98. The van der Waals surface area contributed by atoms with Crippen molar-refractivity contribution in [3.05, 3.63) is 94.0 Å². The van der Waals surface area contributed by atoms with E-state index in [0.29, 0.717) is 33.5 Å². The summed E-state index contributed by atoms with van der Waals surface area (Å²) in [5, 5.41) is 19.1.